The predicted octanol–water partition coefficient (Wildman–Crippen LogP) is 1.47. The number of benzene rings is 1. The van der Waals surface area contributed by atoms with Crippen LogP contribution < -0.4 is 21.9 Å². The van der Waals surface area contributed by atoms with E-state index < -0.39 is 17.2 Å². The maximum absolute atomic E-state index is 13.2. The lowest BCUT2D eigenvalue weighted by Gasteiger charge is -2.33. The Balaban J connectivity index is 2.07. The van der Waals surface area contributed by atoms with Gasteiger partial charge in [-0.25, -0.2) is 9.59 Å². The van der Waals surface area contributed by atoms with Crippen molar-refractivity contribution in [3.63, 3.8) is 0 Å². The summed E-state index contributed by atoms with van der Waals surface area (Å²) in [5, 5.41) is 9.31. The highest BCUT2D eigenvalue weighted by Gasteiger charge is 2.22. The van der Waals surface area contributed by atoms with Crippen molar-refractivity contribution < 1.29 is 9.90 Å². The summed E-state index contributed by atoms with van der Waals surface area (Å²) in [6.45, 7) is 3.08. The van der Waals surface area contributed by atoms with Crippen molar-refractivity contribution in [3.05, 3.63) is 60.7 Å². The minimum absolute atomic E-state index is 0.0146. The lowest BCUT2D eigenvalue weighted by atomic mass is 10.1. The summed E-state index contributed by atoms with van der Waals surface area (Å²) in [7, 11) is 0. The SMILES string of the molecule is CC#CCn1c(N2CCC[C@@H](N)C2)cc(=O)n(Cc2ccc(Br)c(C(=O)O)c2)c1=O. The second-order valence-corrected chi connectivity index (χ2v) is 8.04. The van der Waals surface area contributed by atoms with E-state index in [-0.39, 0.29) is 24.7 Å². The number of nitrogens with two attached hydrogens (primary N) is 1. The summed E-state index contributed by atoms with van der Waals surface area (Å²) in [6, 6.07) is 6.14. The van der Waals surface area contributed by atoms with Crippen molar-refractivity contribution >= 4 is 27.7 Å². The second kappa shape index (κ2) is 9.32. The van der Waals surface area contributed by atoms with Gasteiger partial charge in [-0.05, 0) is 53.4 Å². The van der Waals surface area contributed by atoms with Gasteiger partial charge in [-0.2, -0.15) is 0 Å². The number of carboxylic acid groups (broad SMARTS) is 1. The molecule has 1 fully saturated rings. The van der Waals surface area contributed by atoms with Crippen LogP contribution in [-0.4, -0.2) is 39.3 Å². The lowest BCUT2D eigenvalue weighted by molar-refractivity contribution is 0.0695. The zero-order valence-corrected chi connectivity index (χ0v) is 18.2. The fraction of sp³-hybridized carbons (Fsp3) is 0.381. The first-order chi connectivity index (χ1) is 14.3. The van der Waals surface area contributed by atoms with E-state index in [0.717, 1.165) is 17.4 Å². The molecule has 1 aromatic carbocycles. The summed E-state index contributed by atoms with van der Waals surface area (Å²) < 4.78 is 3.01. The first kappa shape index (κ1) is 21.9. The molecule has 0 unspecified atom stereocenters. The normalized spacial score (nSPS) is 16.1. The first-order valence-electron chi connectivity index (χ1n) is 9.58. The lowest BCUT2D eigenvalue weighted by Crippen LogP contribution is -2.48. The molecule has 0 aliphatic carbocycles. The molecular formula is C21H23BrN4O4. The van der Waals surface area contributed by atoms with Crippen molar-refractivity contribution in [1.82, 2.24) is 9.13 Å². The zero-order chi connectivity index (χ0) is 21.8. The van der Waals surface area contributed by atoms with E-state index in [4.69, 9.17) is 5.73 Å². The van der Waals surface area contributed by atoms with Crippen LogP contribution in [-0.2, 0) is 13.1 Å². The van der Waals surface area contributed by atoms with Gasteiger partial charge in [0.05, 0.1) is 18.7 Å². The van der Waals surface area contributed by atoms with E-state index >= 15 is 0 Å². The second-order valence-electron chi connectivity index (χ2n) is 7.19. The molecule has 8 nitrogen and oxygen atoms in total. The van der Waals surface area contributed by atoms with Gasteiger partial charge in [0.1, 0.15) is 5.82 Å². The maximum Gasteiger partial charge on any atom is 0.336 e. The Morgan fingerprint density at radius 2 is 2.07 bits per heavy atom. The standard InChI is InChI=1S/C21H23BrN4O4/c1-2-3-9-25-18(24-8-4-5-15(23)13-24)11-19(27)26(21(25)30)12-14-6-7-17(22)16(10-14)20(28)29/h6-7,10-11,15H,4-5,8-9,12-13,23H2,1H3,(H,28,29)/t15-/m1/s1. The molecule has 2 aromatic rings. The smallest absolute Gasteiger partial charge is 0.336 e. The summed E-state index contributed by atoms with van der Waals surface area (Å²) in [6.07, 6.45) is 1.79. The number of carbonyl (C=O) groups is 1. The molecule has 1 aromatic heterocycles. The quantitative estimate of drug-likeness (QED) is 0.634. The summed E-state index contributed by atoms with van der Waals surface area (Å²) in [5.74, 6) is 5.10. The number of aromatic nitrogens is 2. The largest absolute Gasteiger partial charge is 0.478 e. The Morgan fingerprint density at radius 3 is 2.73 bits per heavy atom. The third kappa shape index (κ3) is 4.66. The highest BCUT2D eigenvalue weighted by molar-refractivity contribution is 9.10. The molecule has 0 bridgehead atoms. The minimum Gasteiger partial charge on any atom is -0.478 e. The molecule has 1 saturated heterocycles. The van der Waals surface area contributed by atoms with Gasteiger partial charge in [0.25, 0.3) is 5.56 Å². The van der Waals surface area contributed by atoms with Gasteiger partial charge in [0, 0.05) is 29.7 Å². The molecule has 0 spiro atoms. The van der Waals surface area contributed by atoms with Gasteiger partial charge < -0.3 is 15.7 Å². The molecule has 158 valence electrons. The molecule has 1 atom stereocenters. The highest BCUT2D eigenvalue weighted by atomic mass is 79.9. The fourth-order valence-electron chi connectivity index (χ4n) is 3.55. The molecule has 0 radical (unpaired) electrons. The number of piperidine rings is 1. The number of aromatic carboxylic acids is 1. The van der Waals surface area contributed by atoms with Gasteiger partial charge in [-0.15, -0.1) is 5.92 Å². The monoisotopic (exact) mass is 474 g/mol. The number of hydrogen-bond donors (Lipinski definition) is 2. The van der Waals surface area contributed by atoms with Crippen molar-refractivity contribution in [2.75, 3.05) is 18.0 Å². The Hall–Kier alpha value is -2.83. The van der Waals surface area contributed by atoms with Gasteiger partial charge in [-0.1, -0.05) is 12.0 Å². The molecule has 2 heterocycles. The Labute approximate surface area is 182 Å². The van der Waals surface area contributed by atoms with Crippen LogP contribution in [0.2, 0.25) is 0 Å². The van der Waals surface area contributed by atoms with E-state index in [2.05, 4.69) is 27.8 Å². The summed E-state index contributed by atoms with van der Waals surface area (Å²) >= 11 is 3.20. The molecule has 30 heavy (non-hydrogen) atoms. The van der Waals surface area contributed by atoms with E-state index in [9.17, 15) is 19.5 Å². The average Bonchev–Trinajstić information content (AvgIpc) is 2.71. The molecule has 3 N–H and O–H groups in total. The number of hydrogen-bond acceptors (Lipinski definition) is 5. The van der Waals surface area contributed by atoms with Gasteiger partial charge in [0.2, 0.25) is 0 Å². The molecule has 1 aliphatic rings. The van der Waals surface area contributed by atoms with Crippen LogP contribution >= 0.6 is 15.9 Å². The number of halogens is 1. The van der Waals surface area contributed by atoms with Crippen LogP contribution in [0.4, 0.5) is 5.82 Å². The van der Waals surface area contributed by atoms with Crippen LogP contribution in [0.15, 0.2) is 38.3 Å². The molecule has 1 aliphatic heterocycles. The molecule has 0 saturated carbocycles. The predicted molar refractivity (Wildman–Crippen MR) is 118 cm³/mol. The summed E-state index contributed by atoms with van der Waals surface area (Å²) in [5.41, 5.74) is 5.75. The first-order valence-corrected chi connectivity index (χ1v) is 10.4. The van der Waals surface area contributed by atoms with Crippen LogP contribution in [0.1, 0.15) is 35.7 Å². The highest BCUT2D eigenvalue weighted by Crippen LogP contribution is 2.19. The molecule has 0 amide bonds. The van der Waals surface area contributed by atoms with Crippen molar-refractivity contribution in [1.29, 1.82) is 0 Å². The fourth-order valence-corrected chi connectivity index (χ4v) is 3.97. The van der Waals surface area contributed by atoms with Gasteiger partial charge in [-0.3, -0.25) is 13.9 Å². The maximum atomic E-state index is 13.2. The van der Waals surface area contributed by atoms with Crippen LogP contribution in [0.3, 0.4) is 0 Å². The summed E-state index contributed by atoms with van der Waals surface area (Å²) in [4.78, 5) is 39.4. The topological polar surface area (TPSA) is 111 Å². The Bertz CT molecular complexity index is 1140. The number of anilines is 1. The Kier molecular flexibility index (Phi) is 6.80. The molecular weight excluding hydrogens is 452 g/mol. The van der Waals surface area contributed by atoms with Crippen molar-refractivity contribution in [2.24, 2.45) is 5.73 Å². The third-order valence-corrected chi connectivity index (χ3v) is 5.75. The van der Waals surface area contributed by atoms with E-state index in [0.29, 0.717) is 28.9 Å². The zero-order valence-electron chi connectivity index (χ0n) is 16.6. The van der Waals surface area contributed by atoms with Crippen LogP contribution in [0, 0.1) is 11.8 Å². The molecule has 9 heteroatoms. The third-order valence-electron chi connectivity index (χ3n) is 5.05. The van der Waals surface area contributed by atoms with E-state index in [1.54, 1.807) is 19.1 Å². The number of rotatable bonds is 5. The molecule has 3 rings (SSSR count). The van der Waals surface area contributed by atoms with E-state index in [1.807, 2.05) is 4.90 Å². The van der Waals surface area contributed by atoms with Crippen molar-refractivity contribution in [2.45, 2.75) is 38.9 Å². The van der Waals surface area contributed by atoms with Crippen LogP contribution in [0.5, 0.6) is 0 Å². The van der Waals surface area contributed by atoms with Gasteiger partial charge in [0.15, 0.2) is 0 Å². The number of nitrogens with zero attached hydrogens (tertiary/aromatic N) is 3. The average molecular weight is 475 g/mol. The van der Waals surface area contributed by atoms with Gasteiger partial charge >= 0.3 is 11.7 Å². The van der Waals surface area contributed by atoms with E-state index in [1.165, 1.54) is 16.7 Å². The van der Waals surface area contributed by atoms with Crippen LogP contribution in [0.25, 0.3) is 0 Å². The number of carboxylic acids is 1. The minimum atomic E-state index is -1.09. The Morgan fingerprint density at radius 1 is 1.30 bits per heavy atom. The van der Waals surface area contributed by atoms with Crippen molar-refractivity contribution in [3.8, 4) is 11.8 Å².